The van der Waals surface area contributed by atoms with Gasteiger partial charge >= 0.3 is 0 Å². The molecule has 82 valence electrons. The molecule has 0 aromatic heterocycles. The van der Waals surface area contributed by atoms with Gasteiger partial charge in [0.1, 0.15) is 5.75 Å². The highest BCUT2D eigenvalue weighted by Crippen LogP contribution is 2.30. The van der Waals surface area contributed by atoms with Crippen LogP contribution in [0.3, 0.4) is 0 Å². The molecule has 2 unspecified atom stereocenters. The molecule has 0 amide bonds. The zero-order valence-electron chi connectivity index (χ0n) is 8.98. The molecule has 1 aliphatic rings. The van der Waals surface area contributed by atoms with Crippen molar-refractivity contribution < 1.29 is 9.47 Å². The molecule has 0 saturated carbocycles. The van der Waals surface area contributed by atoms with Gasteiger partial charge in [0, 0.05) is 12.5 Å². The first kappa shape index (κ1) is 10.5. The number of methoxy groups -OCH3 is 1. The first-order chi connectivity index (χ1) is 7.33. The summed E-state index contributed by atoms with van der Waals surface area (Å²) in [5, 5.41) is 0. The van der Waals surface area contributed by atoms with Gasteiger partial charge in [-0.05, 0) is 24.1 Å². The van der Waals surface area contributed by atoms with Crippen molar-refractivity contribution in [3.05, 3.63) is 29.8 Å². The Balaban J connectivity index is 2.09. The van der Waals surface area contributed by atoms with Crippen LogP contribution < -0.4 is 10.5 Å². The summed E-state index contributed by atoms with van der Waals surface area (Å²) in [5.74, 6) is 1.37. The Morgan fingerprint density at radius 1 is 1.53 bits per heavy atom. The van der Waals surface area contributed by atoms with Gasteiger partial charge in [-0.1, -0.05) is 12.1 Å². The summed E-state index contributed by atoms with van der Waals surface area (Å²) in [5.41, 5.74) is 6.86. The second kappa shape index (κ2) is 4.64. The topological polar surface area (TPSA) is 44.5 Å². The summed E-state index contributed by atoms with van der Waals surface area (Å²) in [7, 11) is 1.69. The monoisotopic (exact) mass is 207 g/mol. The summed E-state index contributed by atoms with van der Waals surface area (Å²) >= 11 is 0. The lowest BCUT2D eigenvalue weighted by molar-refractivity contribution is 0.116. The van der Waals surface area contributed by atoms with Crippen molar-refractivity contribution in [3.8, 4) is 5.75 Å². The van der Waals surface area contributed by atoms with Gasteiger partial charge in [-0.3, -0.25) is 0 Å². The Hall–Kier alpha value is -1.06. The van der Waals surface area contributed by atoms with E-state index in [1.807, 2.05) is 12.1 Å². The fourth-order valence-electron chi connectivity index (χ4n) is 2.00. The van der Waals surface area contributed by atoms with Crippen LogP contribution in [0.25, 0.3) is 0 Å². The lowest BCUT2D eigenvalue weighted by Gasteiger charge is -2.09. The summed E-state index contributed by atoms with van der Waals surface area (Å²) in [6.07, 6.45) is 1.24. The first-order valence-corrected chi connectivity index (χ1v) is 5.29. The molecule has 2 N–H and O–H groups in total. The second-order valence-corrected chi connectivity index (χ2v) is 3.90. The molecular formula is C12H17NO2. The van der Waals surface area contributed by atoms with Crippen LogP contribution in [0.4, 0.5) is 0 Å². The zero-order chi connectivity index (χ0) is 10.7. The molecule has 1 heterocycles. The van der Waals surface area contributed by atoms with Crippen LogP contribution in [0.2, 0.25) is 0 Å². The molecule has 0 bridgehead atoms. The molecule has 1 saturated heterocycles. The summed E-state index contributed by atoms with van der Waals surface area (Å²) in [6.45, 7) is 1.38. The summed E-state index contributed by atoms with van der Waals surface area (Å²) in [6, 6.07) is 8.17. The van der Waals surface area contributed by atoms with Crippen molar-refractivity contribution >= 4 is 0 Å². The molecule has 0 spiro atoms. The van der Waals surface area contributed by atoms with Gasteiger partial charge in [-0.25, -0.2) is 0 Å². The van der Waals surface area contributed by atoms with E-state index in [0.29, 0.717) is 12.5 Å². The molecule has 0 aliphatic carbocycles. The van der Waals surface area contributed by atoms with E-state index in [9.17, 15) is 0 Å². The predicted molar refractivity (Wildman–Crippen MR) is 59.1 cm³/mol. The Kier molecular flexibility index (Phi) is 3.23. The Labute approximate surface area is 90.2 Å². The van der Waals surface area contributed by atoms with Gasteiger partial charge < -0.3 is 15.2 Å². The highest BCUT2D eigenvalue weighted by molar-refractivity contribution is 5.31. The van der Waals surface area contributed by atoms with E-state index in [4.69, 9.17) is 15.2 Å². The average Bonchev–Trinajstić information content (AvgIpc) is 2.78. The third-order valence-corrected chi connectivity index (χ3v) is 2.91. The van der Waals surface area contributed by atoms with E-state index in [0.717, 1.165) is 18.8 Å². The van der Waals surface area contributed by atoms with Gasteiger partial charge in [-0.15, -0.1) is 0 Å². The van der Waals surface area contributed by atoms with Crippen LogP contribution in [0.1, 0.15) is 17.9 Å². The Morgan fingerprint density at radius 3 is 3.07 bits per heavy atom. The van der Waals surface area contributed by atoms with Crippen molar-refractivity contribution in [2.45, 2.75) is 18.4 Å². The number of benzene rings is 1. The molecule has 2 rings (SSSR count). The van der Waals surface area contributed by atoms with Crippen LogP contribution in [0.15, 0.2) is 24.3 Å². The summed E-state index contributed by atoms with van der Waals surface area (Å²) in [4.78, 5) is 0. The van der Waals surface area contributed by atoms with Gasteiger partial charge in [0.25, 0.3) is 0 Å². The molecule has 2 atom stereocenters. The Morgan fingerprint density at radius 2 is 2.40 bits per heavy atom. The third kappa shape index (κ3) is 2.30. The number of hydrogen-bond acceptors (Lipinski definition) is 3. The SMILES string of the molecule is COc1cccc(C2COC(CN)C2)c1. The fourth-order valence-corrected chi connectivity index (χ4v) is 2.00. The fraction of sp³-hybridized carbons (Fsp3) is 0.500. The second-order valence-electron chi connectivity index (χ2n) is 3.90. The van der Waals surface area contributed by atoms with Crippen LogP contribution >= 0.6 is 0 Å². The highest BCUT2D eigenvalue weighted by atomic mass is 16.5. The maximum Gasteiger partial charge on any atom is 0.119 e. The minimum absolute atomic E-state index is 0.223. The number of nitrogens with two attached hydrogens (primary N) is 1. The minimum Gasteiger partial charge on any atom is -0.497 e. The van der Waals surface area contributed by atoms with Crippen molar-refractivity contribution in [2.75, 3.05) is 20.3 Å². The quantitative estimate of drug-likeness (QED) is 0.817. The van der Waals surface area contributed by atoms with Crippen molar-refractivity contribution in [1.29, 1.82) is 0 Å². The summed E-state index contributed by atoms with van der Waals surface area (Å²) < 4.78 is 10.8. The standard InChI is InChI=1S/C12H17NO2/c1-14-11-4-2-3-9(5-11)10-6-12(7-13)15-8-10/h2-5,10,12H,6-8,13H2,1H3. The maximum absolute atomic E-state index is 5.58. The van der Waals surface area contributed by atoms with Crippen LogP contribution in [-0.4, -0.2) is 26.4 Å². The maximum atomic E-state index is 5.58. The third-order valence-electron chi connectivity index (χ3n) is 2.91. The van der Waals surface area contributed by atoms with Gasteiger partial charge in [0.15, 0.2) is 0 Å². The van der Waals surface area contributed by atoms with E-state index in [2.05, 4.69) is 12.1 Å². The molecule has 0 radical (unpaired) electrons. The number of ether oxygens (including phenoxy) is 2. The smallest absolute Gasteiger partial charge is 0.119 e. The predicted octanol–water partition coefficient (Wildman–Crippen LogP) is 1.53. The van der Waals surface area contributed by atoms with E-state index < -0.39 is 0 Å². The van der Waals surface area contributed by atoms with E-state index in [-0.39, 0.29) is 6.10 Å². The first-order valence-electron chi connectivity index (χ1n) is 5.29. The van der Waals surface area contributed by atoms with Crippen molar-refractivity contribution in [3.63, 3.8) is 0 Å². The zero-order valence-corrected chi connectivity index (χ0v) is 8.98. The number of hydrogen-bond donors (Lipinski definition) is 1. The normalized spacial score (nSPS) is 25.5. The number of rotatable bonds is 3. The molecule has 3 nitrogen and oxygen atoms in total. The van der Waals surface area contributed by atoms with Crippen molar-refractivity contribution in [2.24, 2.45) is 5.73 Å². The molecule has 1 aromatic rings. The van der Waals surface area contributed by atoms with Crippen LogP contribution in [-0.2, 0) is 4.74 Å². The van der Waals surface area contributed by atoms with Crippen LogP contribution in [0.5, 0.6) is 5.75 Å². The van der Waals surface area contributed by atoms with Gasteiger partial charge in [0.2, 0.25) is 0 Å². The van der Waals surface area contributed by atoms with Gasteiger partial charge in [0.05, 0.1) is 19.8 Å². The molecule has 3 heteroatoms. The molecule has 1 aromatic carbocycles. The molecule has 1 fully saturated rings. The minimum atomic E-state index is 0.223. The Bertz CT molecular complexity index is 327. The van der Waals surface area contributed by atoms with E-state index in [1.54, 1.807) is 7.11 Å². The van der Waals surface area contributed by atoms with E-state index in [1.165, 1.54) is 5.56 Å². The average molecular weight is 207 g/mol. The largest absolute Gasteiger partial charge is 0.497 e. The van der Waals surface area contributed by atoms with Crippen LogP contribution in [0, 0.1) is 0 Å². The van der Waals surface area contributed by atoms with Gasteiger partial charge in [-0.2, -0.15) is 0 Å². The highest BCUT2D eigenvalue weighted by Gasteiger charge is 2.25. The lowest BCUT2D eigenvalue weighted by Crippen LogP contribution is -2.18. The molecule has 1 aliphatic heterocycles. The molecular weight excluding hydrogens is 190 g/mol. The lowest BCUT2D eigenvalue weighted by atomic mass is 9.96. The van der Waals surface area contributed by atoms with E-state index >= 15 is 0 Å². The van der Waals surface area contributed by atoms with Crippen molar-refractivity contribution in [1.82, 2.24) is 0 Å². The molecule has 15 heavy (non-hydrogen) atoms.